The lowest BCUT2D eigenvalue weighted by Gasteiger charge is -2.28. The average molecular weight is 412 g/mol. The van der Waals surface area contributed by atoms with Gasteiger partial charge in [0.2, 0.25) is 10.0 Å². The number of aromatic nitrogens is 1. The Morgan fingerprint density at radius 1 is 1.07 bits per heavy atom. The number of rotatable bonds is 7. The fourth-order valence-electron chi connectivity index (χ4n) is 3.90. The second kappa shape index (κ2) is 8.49. The molecule has 1 fully saturated rings. The monoisotopic (exact) mass is 411 g/mol. The molecule has 1 aromatic heterocycles. The molecule has 0 saturated carbocycles. The summed E-state index contributed by atoms with van der Waals surface area (Å²) >= 11 is 0. The lowest BCUT2D eigenvalue weighted by Crippen LogP contribution is -2.36. The van der Waals surface area contributed by atoms with Crippen LogP contribution in [0, 0.1) is 0 Å². The number of sulfonamides is 1. The van der Waals surface area contributed by atoms with Gasteiger partial charge < -0.3 is 4.74 Å². The molecule has 152 valence electrons. The number of methoxy groups -OCH3 is 1. The van der Waals surface area contributed by atoms with Crippen LogP contribution >= 0.6 is 0 Å². The topological polar surface area (TPSA) is 71.5 Å². The zero-order valence-corrected chi connectivity index (χ0v) is 17.2. The van der Waals surface area contributed by atoms with E-state index in [-0.39, 0.29) is 10.9 Å². The van der Waals surface area contributed by atoms with Crippen molar-refractivity contribution >= 4 is 20.9 Å². The predicted molar refractivity (Wildman–Crippen MR) is 113 cm³/mol. The highest BCUT2D eigenvalue weighted by atomic mass is 32.2. The Morgan fingerprint density at radius 2 is 1.79 bits per heavy atom. The van der Waals surface area contributed by atoms with Crippen molar-refractivity contribution in [1.29, 1.82) is 0 Å². The zero-order valence-electron chi connectivity index (χ0n) is 16.4. The summed E-state index contributed by atoms with van der Waals surface area (Å²) in [6, 6.07) is 16.7. The van der Waals surface area contributed by atoms with Crippen LogP contribution in [0.2, 0.25) is 0 Å². The first-order valence-electron chi connectivity index (χ1n) is 9.80. The van der Waals surface area contributed by atoms with E-state index in [1.54, 1.807) is 31.5 Å². The van der Waals surface area contributed by atoms with E-state index in [1.807, 2.05) is 36.4 Å². The minimum absolute atomic E-state index is 0.0267. The van der Waals surface area contributed by atoms with Crippen LogP contribution in [-0.2, 0) is 10.0 Å². The van der Waals surface area contributed by atoms with Crippen LogP contribution in [-0.4, -0.2) is 45.0 Å². The Balaban J connectivity index is 1.60. The Kier molecular flexibility index (Phi) is 5.80. The molecule has 7 heteroatoms. The van der Waals surface area contributed by atoms with Gasteiger partial charge in [0.1, 0.15) is 10.6 Å². The highest BCUT2D eigenvalue weighted by molar-refractivity contribution is 7.89. The van der Waals surface area contributed by atoms with Crippen molar-refractivity contribution in [2.45, 2.75) is 23.8 Å². The van der Waals surface area contributed by atoms with E-state index in [0.29, 0.717) is 12.1 Å². The third-order valence-corrected chi connectivity index (χ3v) is 6.89. The molecular weight excluding hydrogens is 386 g/mol. The third kappa shape index (κ3) is 4.27. The standard InChI is InChI=1S/C22H25N3O3S/c1-28-19-11-9-17(10-12-19)20(25-14-2-3-15-25)16-24-29(26,27)21-8-4-6-18-7-5-13-23-22(18)21/h4-13,20,24H,2-3,14-16H2,1H3/t20-/m1/s1. The molecule has 0 spiro atoms. The molecule has 1 saturated heterocycles. The van der Waals surface area contributed by atoms with Crippen molar-refractivity contribution in [2.24, 2.45) is 0 Å². The van der Waals surface area contributed by atoms with Gasteiger partial charge in [0.15, 0.2) is 0 Å². The number of nitrogens with zero attached hydrogens (tertiary/aromatic N) is 2. The molecule has 4 rings (SSSR count). The molecule has 2 aromatic carbocycles. The number of ether oxygens (including phenoxy) is 1. The van der Waals surface area contributed by atoms with Crippen LogP contribution in [0.15, 0.2) is 65.7 Å². The second-order valence-corrected chi connectivity index (χ2v) is 8.95. The van der Waals surface area contributed by atoms with Gasteiger partial charge in [-0.05, 0) is 55.8 Å². The van der Waals surface area contributed by atoms with Crippen LogP contribution in [0.1, 0.15) is 24.4 Å². The Labute approximate surface area is 171 Å². The van der Waals surface area contributed by atoms with Gasteiger partial charge in [0.25, 0.3) is 0 Å². The van der Waals surface area contributed by atoms with Gasteiger partial charge in [-0.25, -0.2) is 13.1 Å². The van der Waals surface area contributed by atoms with Gasteiger partial charge in [0, 0.05) is 24.2 Å². The molecule has 0 bridgehead atoms. The highest BCUT2D eigenvalue weighted by Gasteiger charge is 2.26. The number of fused-ring (bicyclic) bond motifs is 1. The number of hydrogen-bond acceptors (Lipinski definition) is 5. The minimum Gasteiger partial charge on any atom is -0.497 e. The maximum Gasteiger partial charge on any atom is 0.242 e. The van der Waals surface area contributed by atoms with Crippen LogP contribution in [0.25, 0.3) is 10.9 Å². The number of nitrogens with one attached hydrogen (secondary N) is 1. The summed E-state index contributed by atoms with van der Waals surface area (Å²) in [5, 5.41) is 0.807. The van der Waals surface area contributed by atoms with Gasteiger partial charge in [-0.1, -0.05) is 30.3 Å². The fraction of sp³-hybridized carbons (Fsp3) is 0.318. The molecule has 2 heterocycles. The molecule has 0 amide bonds. The summed E-state index contributed by atoms with van der Waals surface area (Å²) in [6.45, 7) is 2.24. The first-order valence-corrected chi connectivity index (χ1v) is 11.3. The van der Waals surface area contributed by atoms with Crippen LogP contribution in [0.5, 0.6) is 5.75 Å². The lowest BCUT2D eigenvalue weighted by atomic mass is 10.1. The summed E-state index contributed by atoms with van der Waals surface area (Å²) in [5.41, 5.74) is 1.57. The maximum absolute atomic E-state index is 13.1. The number of pyridine rings is 1. The van der Waals surface area contributed by atoms with Crippen LogP contribution in [0.4, 0.5) is 0 Å². The van der Waals surface area contributed by atoms with E-state index in [0.717, 1.165) is 42.6 Å². The molecule has 1 atom stereocenters. The van der Waals surface area contributed by atoms with Crippen LogP contribution < -0.4 is 9.46 Å². The Hall–Kier alpha value is -2.48. The average Bonchev–Trinajstić information content (AvgIpc) is 3.28. The molecule has 1 N–H and O–H groups in total. The fourth-order valence-corrected chi connectivity index (χ4v) is 5.11. The largest absolute Gasteiger partial charge is 0.497 e. The van der Waals surface area contributed by atoms with Gasteiger partial charge in [0.05, 0.1) is 12.6 Å². The van der Waals surface area contributed by atoms with Gasteiger partial charge in [-0.15, -0.1) is 0 Å². The van der Waals surface area contributed by atoms with E-state index in [9.17, 15) is 8.42 Å². The summed E-state index contributed by atoms with van der Waals surface area (Å²) < 4.78 is 34.3. The third-order valence-electron chi connectivity index (χ3n) is 5.43. The SMILES string of the molecule is COc1ccc([C@@H](CNS(=O)(=O)c2cccc3cccnc23)N2CCCC2)cc1. The Bertz CT molecular complexity index is 1070. The molecule has 0 aliphatic carbocycles. The molecule has 3 aromatic rings. The van der Waals surface area contributed by atoms with E-state index in [4.69, 9.17) is 4.74 Å². The quantitative estimate of drug-likeness (QED) is 0.646. The molecule has 1 aliphatic heterocycles. The van der Waals surface area contributed by atoms with Crippen LogP contribution in [0.3, 0.4) is 0 Å². The zero-order chi connectivity index (χ0) is 20.3. The van der Waals surface area contributed by atoms with E-state index >= 15 is 0 Å². The number of benzene rings is 2. The molecule has 0 radical (unpaired) electrons. The van der Waals surface area contributed by atoms with E-state index in [2.05, 4.69) is 14.6 Å². The minimum atomic E-state index is -3.70. The normalized spacial score (nSPS) is 16.2. The number of hydrogen-bond donors (Lipinski definition) is 1. The van der Waals surface area contributed by atoms with E-state index in [1.165, 1.54) is 0 Å². The van der Waals surface area contributed by atoms with Gasteiger partial charge in [-0.3, -0.25) is 9.88 Å². The summed E-state index contributed by atoms with van der Waals surface area (Å²) in [5.74, 6) is 0.788. The summed E-state index contributed by atoms with van der Waals surface area (Å²) in [7, 11) is -2.06. The second-order valence-electron chi connectivity index (χ2n) is 7.22. The highest BCUT2D eigenvalue weighted by Crippen LogP contribution is 2.27. The smallest absolute Gasteiger partial charge is 0.242 e. The first-order chi connectivity index (χ1) is 14.1. The molecule has 0 unspecified atom stereocenters. The van der Waals surface area contributed by atoms with Crippen molar-refractivity contribution in [2.75, 3.05) is 26.7 Å². The Morgan fingerprint density at radius 3 is 2.52 bits per heavy atom. The van der Waals surface area contributed by atoms with Crippen molar-refractivity contribution in [3.05, 3.63) is 66.4 Å². The maximum atomic E-state index is 13.1. The van der Waals surface area contributed by atoms with Crippen molar-refractivity contribution < 1.29 is 13.2 Å². The van der Waals surface area contributed by atoms with Crippen molar-refractivity contribution in [3.63, 3.8) is 0 Å². The van der Waals surface area contributed by atoms with Crippen molar-refractivity contribution in [3.8, 4) is 5.75 Å². The molecule has 29 heavy (non-hydrogen) atoms. The molecular formula is C22H25N3O3S. The number of para-hydroxylation sites is 1. The van der Waals surface area contributed by atoms with E-state index < -0.39 is 10.0 Å². The molecule has 1 aliphatic rings. The summed E-state index contributed by atoms with van der Waals surface area (Å²) in [6.07, 6.45) is 3.88. The van der Waals surface area contributed by atoms with Crippen molar-refractivity contribution in [1.82, 2.24) is 14.6 Å². The lowest BCUT2D eigenvalue weighted by molar-refractivity contribution is 0.246. The predicted octanol–water partition coefficient (Wildman–Crippen LogP) is 3.36. The summed E-state index contributed by atoms with van der Waals surface area (Å²) in [4.78, 5) is 6.84. The number of likely N-dealkylation sites (tertiary alicyclic amines) is 1. The van der Waals surface area contributed by atoms with Gasteiger partial charge >= 0.3 is 0 Å². The van der Waals surface area contributed by atoms with Gasteiger partial charge in [-0.2, -0.15) is 0 Å². The first kappa shape index (κ1) is 19.8. The molecule has 6 nitrogen and oxygen atoms in total.